The lowest BCUT2D eigenvalue weighted by Gasteiger charge is -2.09. The Balaban J connectivity index is 1.46. The molecule has 110 valence electrons. The van der Waals surface area contributed by atoms with E-state index in [9.17, 15) is 4.79 Å². The lowest BCUT2D eigenvalue weighted by molar-refractivity contribution is -0.123. The van der Waals surface area contributed by atoms with E-state index in [4.69, 9.17) is 5.73 Å². The quantitative estimate of drug-likeness (QED) is 0.797. The third-order valence-corrected chi connectivity index (χ3v) is 4.53. The molecule has 2 heterocycles. The number of thiazole rings is 1. The monoisotopic (exact) mass is 302 g/mol. The van der Waals surface area contributed by atoms with Gasteiger partial charge in [-0.3, -0.25) is 9.78 Å². The van der Waals surface area contributed by atoms with Crippen molar-refractivity contribution in [3.8, 4) is 11.3 Å². The fourth-order valence-corrected chi connectivity index (χ4v) is 2.91. The van der Waals surface area contributed by atoms with Gasteiger partial charge in [-0.25, -0.2) is 4.98 Å². The topological polar surface area (TPSA) is 80.9 Å². The molecule has 21 heavy (non-hydrogen) atoms. The summed E-state index contributed by atoms with van der Waals surface area (Å²) in [6.45, 7) is 0.655. The van der Waals surface area contributed by atoms with Crippen molar-refractivity contribution in [1.82, 2.24) is 15.3 Å². The second kappa shape index (κ2) is 5.91. The maximum absolute atomic E-state index is 11.7. The minimum absolute atomic E-state index is 0.0147. The number of carbonyl (C=O) groups is 1. The van der Waals surface area contributed by atoms with Crippen molar-refractivity contribution in [2.24, 2.45) is 5.73 Å². The van der Waals surface area contributed by atoms with Gasteiger partial charge in [0.05, 0.1) is 16.2 Å². The Labute approximate surface area is 127 Å². The number of hydrogen-bond acceptors (Lipinski definition) is 5. The van der Waals surface area contributed by atoms with Crippen molar-refractivity contribution in [3.05, 3.63) is 34.9 Å². The van der Waals surface area contributed by atoms with Crippen LogP contribution in [0.2, 0.25) is 0 Å². The van der Waals surface area contributed by atoms with E-state index in [0.717, 1.165) is 41.9 Å². The molecule has 0 bridgehead atoms. The second-order valence-electron chi connectivity index (χ2n) is 5.38. The van der Waals surface area contributed by atoms with E-state index in [0.29, 0.717) is 6.54 Å². The number of nitrogens with zero attached hydrogens (tertiary/aromatic N) is 2. The van der Waals surface area contributed by atoms with E-state index in [2.05, 4.69) is 20.7 Å². The van der Waals surface area contributed by atoms with Crippen LogP contribution >= 0.6 is 11.3 Å². The van der Waals surface area contributed by atoms with Crippen molar-refractivity contribution in [2.75, 3.05) is 6.54 Å². The zero-order chi connectivity index (χ0) is 14.7. The number of pyridine rings is 1. The third kappa shape index (κ3) is 3.46. The zero-order valence-electron chi connectivity index (χ0n) is 11.7. The highest BCUT2D eigenvalue weighted by atomic mass is 32.1. The van der Waals surface area contributed by atoms with Crippen molar-refractivity contribution >= 4 is 17.2 Å². The van der Waals surface area contributed by atoms with Crippen LogP contribution in [0.4, 0.5) is 0 Å². The molecule has 0 unspecified atom stereocenters. The molecule has 0 saturated heterocycles. The lowest BCUT2D eigenvalue weighted by atomic mass is 10.2. The Morgan fingerprint density at radius 1 is 1.38 bits per heavy atom. The number of amides is 1. The van der Waals surface area contributed by atoms with Gasteiger partial charge in [0, 0.05) is 36.3 Å². The predicted octanol–water partition coefficient (Wildman–Crippen LogP) is 1.75. The van der Waals surface area contributed by atoms with Crippen LogP contribution in [-0.4, -0.2) is 28.0 Å². The Bertz CT molecular complexity index is 622. The third-order valence-electron chi connectivity index (χ3n) is 3.62. The van der Waals surface area contributed by atoms with Gasteiger partial charge < -0.3 is 11.1 Å². The van der Waals surface area contributed by atoms with Gasteiger partial charge in [0.15, 0.2) is 0 Å². The molecule has 1 fully saturated rings. The summed E-state index contributed by atoms with van der Waals surface area (Å²) in [4.78, 5) is 20.3. The van der Waals surface area contributed by atoms with Gasteiger partial charge in [-0.15, -0.1) is 11.3 Å². The highest BCUT2D eigenvalue weighted by Gasteiger charge is 2.45. The summed E-state index contributed by atoms with van der Waals surface area (Å²) >= 11 is 1.65. The first-order valence-corrected chi connectivity index (χ1v) is 7.97. The number of aryl methyl sites for hydroxylation is 1. The Morgan fingerprint density at radius 3 is 2.86 bits per heavy atom. The summed E-state index contributed by atoms with van der Waals surface area (Å²) in [5, 5.41) is 6.04. The molecule has 2 aromatic rings. The van der Waals surface area contributed by atoms with Crippen molar-refractivity contribution < 1.29 is 4.79 Å². The summed E-state index contributed by atoms with van der Waals surface area (Å²) in [6.07, 6.45) is 6.90. The van der Waals surface area contributed by atoms with Crippen molar-refractivity contribution in [1.29, 1.82) is 0 Å². The molecule has 1 aliphatic carbocycles. The van der Waals surface area contributed by atoms with Gasteiger partial charge >= 0.3 is 0 Å². The van der Waals surface area contributed by atoms with Gasteiger partial charge in [0.2, 0.25) is 5.91 Å². The summed E-state index contributed by atoms with van der Waals surface area (Å²) in [7, 11) is 0. The maximum atomic E-state index is 11.7. The molecule has 0 aliphatic heterocycles. The molecule has 0 radical (unpaired) electrons. The fourth-order valence-electron chi connectivity index (χ4n) is 2.06. The Morgan fingerprint density at radius 2 is 2.14 bits per heavy atom. The van der Waals surface area contributed by atoms with E-state index < -0.39 is 5.54 Å². The van der Waals surface area contributed by atoms with E-state index in [-0.39, 0.29) is 5.91 Å². The maximum Gasteiger partial charge on any atom is 0.240 e. The second-order valence-corrected chi connectivity index (χ2v) is 6.32. The van der Waals surface area contributed by atoms with Gasteiger partial charge in [0.1, 0.15) is 0 Å². The highest BCUT2D eigenvalue weighted by Crippen LogP contribution is 2.32. The van der Waals surface area contributed by atoms with E-state index in [1.165, 1.54) is 0 Å². The SMILES string of the molecule is NC1(C(=O)NCCCc2nc(-c3ccncc3)cs2)CC1. The molecular weight excluding hydrogens is 284 g/mol. The molecule has 0 spiro atoms. The average molecular weight is 302 g/mol. The summed E-state index contributed by atoms with van der Waals surface area (Å²) < 4.78 is 0. The minimum atomic E-state index is -0.574. The standard InChI is InChI=1S/C15H18N4OS/c16-15(5-6-15)14(20)18-7-1-2-13-19-12(10-21-13)11-3-8-17-9-4-11/h3-4,8-10H,1-2,5-7,16H2,(H,18,20). The number of rotatable bonds is 6. The molecule has 1 amide bonds. The van der Waals surface area contributed by atoms with Crippen LogP contribution in [-0.2, 0) is 11.2 Å². The van der Waals surface area contributed by atoms with Crippen LogP contribution in [0, 0.1) is 0 Å². The zero-order valence-corrected chi connectivity index (χ0v) is 12.5. The van der Waals surface area contributed by atoms with E-state index in [1.54, 1.807) is 23.7 Å². The normalized spacial score (nSPS) is 15.7. The number of nitrogens with one attached hydrogen (secondary N) is 1. The predicted molar refractivity (Wildman–Crippen MR) is 82.8 cm³/mol. The smallest absolute Gasteiger partial charge is 0.240 e. The van der Waals surface area contributed by atoms with Crippen LogP contribution in [0.1, 0.15) is 24.3 Å². The molecule has 1 saturated carbocycles. The van der Waals surface area contributed by atoms with Crippen molar-refractivity contribution in [2.45, 2.75) is 31.2 Å². The van der Waals surface area contributed by atoms with E-state index in [1.807, 2.05) is 12.1 Å². The first-order valence-electron chi connectivity index (χ1n) is 7.09. The lowest BCUT2D eigenvalue weighted by Crippen LogP contribution is -2.43. The van der Waals surface area contributed by atoms with Gasteiger partial charge in [0.25, 0.3) is 0 Å². The molecular formula is C15H18N4OS. The average Bonchev–Trinajstić information content (AvgIpc) is 3.10. The molecule has 2 aromatic heterocycles. The molecule has 0 atom stereocenters. The Hall–Kier alpha value is -1.79. The molecule has 3 N–H and O–H groups in total. The van der Waals surface area contributed by atoms with Crippen LogP contribution in [0.25, 0.3) is 11.3 Å². The van der Waals surface area contributed by atoms with Crippen LogP contribution in [0.15, 0.2) is 29.9 Å². The molecule has 3 rings (SSSR count). The van der Waals surface area contributed by atoms with Crippen LogP contribution in [0.5, 0.6) is 0 Å². The summed E-state index contributed by atoms with van der Waals surface area (Å²) in [6, 6.07) is 3.91. The van der Waals surface area contributed by atoms with E-state index >= 15 is 0 Å². The number of aromatic nitrogens is 2. The molecule has 0 aromatic carbocycles. The van der Waals surface area contributed by atoms with Gasteiger partial charge in [-0.2, -0.15) is 0 Å². The number of nitrogens with two attached hydrogens (primary N) is 1. The van der Waals surface area contributed by atoms with Gasteiger partial charge in [-0.05, 0) is 31.4 Å². The molecule has 5 nitrogen and oxygen atoms in total. The molecule has 6 heteroatoms. The van der Waals surface area contributed by atoms with Crippen molar-refractivity contribution in [3.63, 3.8) is 0 Å². The summed E-state index contributed by atoms with van der Waals surface area (Å²) in [5.41, 5.74) is 7.32. The largest absolute Gasteiger partial charge is 0.354 e. The summed E-state index contributed by atoms with van der Waals surface area (Å²) in [5.74, 6) is -0.0147. The van der Waals surface area contributed by atoms with Gasteiger partial charge in [-0.1, -0.05) is 0 Å². The first-order chi connectivity index (χ1) is 10.2. The first kappa shape index (κ1) is 14.2. The highest BCUT2D eigenvalue weighted by molar-refractivity contribution is 7.09. The number of carbonyl (C=O) groups excluding carboxylic acids is 1. The number of hydrogen-bond donors (Lipinski definition) is 2. The van der Waals surface area contributed by atoms with Crippen LogP contribution in [0.3, 0.4) is 0 Å². The van der Waals surface area contributed by atoms with Crippen LogP contribution < -0.4 is 11.1 Å². The fraction of sp³-hybridized carbons (Fsp3) is 0.400. The minimum Gasteiger partial charge on any atom is -0.354 e. The Kier molecular flexibility index (Phi) is 3.98. The molecule has 1 aliphatic rings.